The number of hydrogen-bond acceptors (Lipinski definition) is 11. The first-order chi connectivity index (χ1) is 15.2. The normalized spacial score (nSPS) is 46.6. The van der Waals surface area contributed by atoms with Crippen LogP contribution in [0.2, 0.25) is 0 Å². The maximum atomic E-state index is 15.2. The minimum Gasteiger partial charge on any atom is -0.406 e. The molecule has 3 aliphatic heterocycles. The first kappa shape index (κ1) is 23.7. The monoisotopic (exact) mass is 463 g/mol. The van der Waals surface area contributed by atoms with E-state index in [0.717, 1.165) is 25.7 Å². The van der Waals surface area contributed by atoms with Gasteiger partial charge in [0, 0.05) is 18.9 Å². The highest BCUT2D eigenvalue weighted by Gasteiger charge is 2.63. The van der Waals surface area contributed by atoms with Crippen LogP contribution in [0, 0.1) is 5.92 Å². The molecule has 4 fully saturated rings. The molecule has 4 aliphatic rings. The van der Waals surface area contributed by atoms with E-state index in [1.54, 1.807) is 0 Å². The number of esters is 2. The van der Waals surface area contributed by atoms with Gasteiger partial charge in [-0.2, -0.15) is 0 Å². The lowest BCUT2D eigenvalue weighted by molar-refractivity contribution is -0.301. The zero-order valence-electron chi connectivity index (χ0n) is 17.5. The van der Waals surface area contributed by atoms with E-state index in [2.05, 4.69) is 5.32 Å². The minimum absolute atomic E-state index is 0.0587. The highest BCUT2D eigenvalue weighted by atomic mass is 19.1. The van der Waals surface area contributed by atoms with E-state index in [9.17, 15) is 30.0 Å². The standard InChI is InChI=1S/C20H30FNO10/c21-19(6-3-7-29-16-15(26)14(25)13(24)12(9-23)30-16)17(27)31-20(32-18(19)28)8-10-4-1-2-5-11(10)22-20/h10-16,22-26H,1-9H2/t10-,11+,12+,13+,14-,15-,16?,19?,20?/m0/s1. The van der Waals surface area contributed by atoms with Gasteiger partial charge in [-0.15, -0.1) is 0 Å². The fraction of sp³-hybridized carbons (Fsp3) is 0.900. The predicted octanol–water partition coefficient (Wildman–Crippen LogP) is -1.40. The smallest absolute Gasteiger partial charge is 0.360 e. The van der Waals surface area contributed by atoms with Gasteiger partial charge in [0.1, 0.15) is 24.4 Å². The van der Waals surface area contributed by atoms with Crippen molar-refractivity contribution >= 4 is 11.9 Å². The Morgan fingerprint density at radius 1 is 1.06 bits per heavy atom. The van der Waals surface area contributed by atoms with Crippen molar-refractivity contribution in [3.05, 3.63) is 0 Å². The van der Waals surface area contributed by atoms with Crippen LogP contribution in [0.1, 0.15) is 44.9 Å². The summed E-state index contributed by atoms with van der Waals surface area (Å²) >= 11 is 0. The van der Waals surface area contributed by atoms with Crippen molar-refractivity contribution in [2.24, 2.45) is 5.92 Å². The third-order valence-corrected chi connectivity index (χ3v) is 6.80. The van der Waals surface area contributed by atoms with Gasteiger partial charge in [0.2, 0.25) is 0 Å². The van der Waals surface area contributed by atoms with Crippen molar-refractivity contribution in [3.8, 4) is 0 Å². The van der Waals surface area contributed by atoms with Gasteiger partial charge in [0.25, 0.3) is 0 Å². The second-order valence-electron chi connectivity index (χ2n) is 9.00. The van der Waals surface area contributed by atoms with Crippen LogP contribution in [0.5, 0.6) is 0 Å². The molecule has 0 amide bonds. The summed E-state index contributed by atoms with van der Waals surface area (Å²) in [6.45, 7) is -0.865. The Kier molecular flexibility index (Phi) is 6.74. The summed E-state index contributed by atoms with van der Waals surface area (Å²) in [5.74, 6) is -4.04. The quantitative estimate of drug-likeness (QED) is 0.179. The molecule has 0 aromatic heterocycles. The van der Waals surface area contributed by atoms with Crippen LogP contribution in [0.25, 0.3) is 0 Å². The summed E-state index contributed by atoms with van der Waals surface area (Å²) in [4.78, 5) is 24.9. The van der Waals surface area contributed by atoms with Gasteiger partial charge in [-0.05, 0) is 25.2 Å². The van der Waals surface area contributed by atoms with E-state index in [4.69, 9.17) is 18.9 Å². The molecule has 0 radical (unpaired) electrons. The molecule has 11 nitrogen and oxygen atoms in total. The SMILES string of the molecule is O=C1OC2(C[C@@H]3CCCC[C@H]3N2)OC(=O)C1(F)CCCOC1O[C@H](CO)[C@@H](O)[C@H](O)[C@@H]1O. The van der Waals surface area contributed by atoms with Gasteiger partial charge in [-0.25, -0.2) is 19.3 Å². The molecule has 1 unspecified atom stereocenters. The van der Waals surface area contributed by atoms with Crippen LogP contribution in [0.15, 0.2) is 0 Å². The molecule has 1 aliphatic carbocycles. The lowest BCUT2D eigenvalue weighted by Crippen LogP contribution is -2.62. The number of carbonyl (C=O) groups is 2. The Morgan fingerprint density at radius 3 is 2.41 bits per heavy atom. The summed E-state index contributed by atoms with van der Waals surface area (Å²) in [7, 11) is 0. The van der Waals surface area contributed by atoms with Crippen LogP contribution in [-0.2, 0) is 28.5 Å². The number of alkyl halides is 1. The van der Waals surface area contributed by atoms with E-state index in [0.29, 0.717) is 6.42 Å². The third-order valence-electron chi connectivity index (χ3n) is 6.80. The van der Waals surface area contributed by atoms with Crippen molar-refractivity contribution < 1.29 is 53.4 Å². The van der Waals surface area contributed by atoms with Crippen LogP contribution >= 0.6 is 0 Å². The zero-order valence-corrected chi connectivity index (χ0v) is 17.5. The molecular formula is C20H30FNO10. The molecule has 12 heteroatoms. The molecule has 0 aromatic rings. The molecule has 0 aromatic carbocycles. The number of hydrogen-bond donors (Lipinski definition) is 5. The summed E-state index contributed by atoms with van der Waals surface area (Å²) in [6.07, 6.45) is -3.84. The van der Waals surface area contributed by atoms with Gasteiger partial charge >= 0.3 is 23.5 Å². The molecule has 5 N–H and O–H groups in total. The molecule has 4 rings (SSSR count). The highest BCUT2D eigenvalue weighted by Crippen LogP contribution is 2.43. The summed E-state index contributed by atoms with van der Waals surface area (Å²) in [6, 6.07) is 0.0587. The topological polar surface area (TPSA) is 164 Å². The molecule has 3 saturated heterocycles. The van der Waals surface area contributed by atoms with Crippen molar-refractivity contribution in [2.75, 3.05) is 13.2 Å². The van der Waals surface area contributed by atoms with Crippen molar-refractivity contribution in [1.82, 2.24) is 5.32 Å². The molecule has 7 atom stereocenters. The van der Waals surface area contributed by atoms with E-state index in [1.165, 1.54) is 0 Å². The Bertz CT molecular complexity index is 686. The molecule has 1 spiro atoms. The first-order valence-corrected chi connectivity index (χ1v) is 11.0. The average molecular weight is 463 g/mol. The van der Waals surface area contributed by atoms with E-state index in [-0.39, 0.29) is 25.0 Å². The largest absolute Gasteiger partial charge is 0.406 e. The lowest BCUT2D eigenvalue weighted by Gasteiger charge is -2.40. The number of rotatable bonds is 6. The molecular weight excluding hydrogens is 433 g/mol. The number of halogens is 1. The fourth-order valence-corrected chi connectivity index (χ4v) is 4.96. The summed E-state index contributed by atoms with van der Waals surface area (Å²) < 4.78 is 36.2. The number of aliphatic hydroxyl groups excluding tert-OH is 4. The lowest BCUT2D eigenvalue weighted by atomic mass is 9.85. The molecule has 1 saturated carbocycles. The second kappa shape index (κ2) is 9.09. The number of carbonyl (C=O) groups excluding carboxylic acids is 2. The molecule has 0 bridgehead atoms. The van der Waals surface area contributed by atoms with Crippen molar-refractivity contribution in [2.45, 2.75) is 93.3 Å². The van der Waals surface area contributed by atoms with Crippen LogP contribution in [0.4, 0.5) is 4.39 Å². The maximum Gasteiger partial charge on any atom is 0.360 e. The van der Waals surface area contributed by atoms with E-state index in [1.807, 2.05) is 0 Å². The molecule has 3 heterocycles. The number of aliphatic hydroxyl groups is 4. The third kappa shape index (κ3) is 4.25. The zero-order chi connectivity index (χ0) is 23.1. The minimum atomic E-state index is -2.99. The Hall–Kier alpha value is -1.41. The van der Waals surface area contributed by atoms with Crippen LogP contribution in [-0.4, -0.2) is 93.9 Å². The summed E-state index contributed by atoms with van der Waals surface area (Å²) in [5.41, 5.74) is -2.99. The average Bonchev–Trinajstić information content (AvgIpc) is 3.12. The molecule has 32 heavy (non-hydrogen) atoms. The van der Waals surface area contributed by atoms with Crippen molar-refractivity contribution in [3.63, 3.8) is 0 Å². The van der Waals surface area contributed by atoms with Crippen molar-refractivity contribution in [1.29, 1.82) is 0 Å². The highest BCUT2D eigenvalue weighted by molar-refractivity contribution is 6.05. The van der Waals surface area contributed by atoms with Gasteiger partial charge in [0.15, 0.2) is 6.29 Å². The Labute approximate surface area is 183 Å². The second-order valence-corrected chi connectivity index (χ2v) is 9.00. The van der Waals surface area contributed by atoms with Gasteiger partial charge in [-0.1, -0.05) is 12.8 Å². The Balaban J connectivity index is 1.29. The number of nitrogens with one attached hydrogen (secondary N) is 1. The van der Waals surface area contributed by atoms with Crippen LogP contribution in [0.3, 0.4) is 0 Å². The predicted molar refractivity (Wildman–Crippen MR) is 101 cm³/mol. The number of fused-ring (bicyclic) bond motifs is 1. The van der Waals surface area contributed by atoms with Gasteiger partial charge in [0.05, 0.1) is 13.2 Å². The van der Waals surface area contributed by atoms with Gasteiger partial charge in [-0.3, -0.25) is 0 Å². The first-order valence-electron chi connectivity index (χ1n) is 11.0. The molecule has 182 valence electrons. The van der Waals surface area contributed by atoms with Crippen LogP contribution < -0.4 is 5.32 Å². The Morgan fingerprint density at radius 2 is 1.75 bits per heavy atom. The summed E-state index contributed by atoms with van der Waals surface area (Å²) in [5, 5.41) is 41.7. The fourth-order valence-electron chi connectivity index (χ4n) is 4.96. The maximum absolute atomic E-state index is 15.2. The van der Waals surface area contributed by atoms with Gasteiger partial charge < -0.3 is 39.4 Å². The van der Waals surface area contributed by atoms with E-state index >= 15 is 4.39 Å². The van der Waals surface area contributed by atoms with E-state index < -0.39 is 67.3 Å². The number of ether oxygens (including phenoxy) is 4.